The van der Waals surface area contributed by atoms with Crippen molar-refractivity contribution in [2.24, 2.45) is 0 Å². The highest BCUT2D eigenvalue weighted by molar-refractivity contribution is 5.82. The molecular weight excluding hydrogens is 272 g/mol. The average Bonchev–Trinajstić information content (AvgIpc) is 2.57. The molecule has 0 N–H and O–H groups in total. The van der Waals surface area contributed by atoms with Crippen molar-refractivity contribution in [3.63, 3.8) is 0 Å². The zero-order valence-corrected chi connectivity index (χ0v) is 13.6. The number of hydrogen-bond acceptors (Lipinski definition) is 2. The normalized spacial score (nSPS) is 11.5. The molecule has 0 amide bonds. The van der Waals surface area contributed by atoms with Crippen LogP contribution in [0, 0.1) is 0 Å². The largest absolute Gasteiger partial charge is 0.459 e. The van der Waals surface area contributed by atoms with Gasteiger partial charge in [-0.3, -0.25) is 4.79 Å². The number of esters is 1. The standard InChI is InChI=1S/C20H24O2/c1-4-20(3,5-2)22-19(21)18(16-12-8-6-9-13-16)17-14-10-7-11-15-17/h6-15,18H,4-5H2,1-3H3. The Hall–Kier alpha value is -2.09. The van der Waals surface area contributed by atoms with Gasteiger partial charge in [0.1, 0.15) is 11.5 Å². The lowest BCUT2D eigenvalue weighted by molar-refractivity contribution is -0.159. The molecule has 2 heteroatoms. The minimum atomic E-state index is -0.404. The van der Waals surface area contributed by atoms with Gasteiger partial charge >= 0.3 is 5.97 Å². The molecule has 0 spiro atoms. The highest BCUT2D eigenvalue weighted by Gasteiger charge is 2.31. The molecule has 0 bridgehead atoms. The van der Waals surface area contributed by atoms with Crippen molar-refractivity contribution < 1.29 is 9.53 Å². The fourth-order valence-electron chi connectivity index (χ4n) is 2.45. The molecule has 0 saturated carbocycles. The fraction of sp³-hybridized carbons (Fsp3) is 0.350. The molecule has 2 rings (SSSR count). The van der Waals surface area contributed by atoms with Crippen molar-refractivity contribution >= 4 is 5.97 Å². The Bertz CT molecular complexity index is 546. The predicted octanol–water partition coefficient (Wildman–Crippen LogP) is 4.94. The van der Waals surface area contributed by atoms with E-state index in [-0.39, 0.29) is 11.9 Å². The average molecular weight is 296 g/mol. The highest BCUT2D eigenvalue weighted by Crippen LogP contribution is 2.29. The van der Waals surface area contributed by atoms with Crippen molar-refractivity contribution in [3.05, 3.63) is 71.8 Å². The quantitative estimate of drug-likeness (QED) is 0.706. The van der Waals surface area contributed by atoms with Gasteiger partial charge in [0, 0.05) is 0 Å². The predicted molar refractivity (Wildman–Crippen MR) is 89.8 cm³/mol. The summed E-state index contributed by atoms with van der Waals surface area (Å²) in [7, 11) is 0. The first-order valence-electron chi connectivity index (χ1n) is 7.92. The van der Waals surface area contributed by atoms with Crippen molar-refractivity contribution in [1.82, 2.24) is 0 Å². The molecule has 2 aromatic carbocycles. The minimum absolute atomic E-state index is 0.177. The van der Waals surface area contributed by atoms with Gasteiger partial charge in [0.15, 0.2) is 0 Å². The number of benzene rings is 2. The van der Waals surface area contributed by atoms with Crippen LogP contribution < -0.4 is 0 Å². The summed E-state index contributed by atoms with van der Waals surface area (Å²) in [6.07, 6.45) is 1.62. The van der Waals surface area contributed by atoms with Gasteiger partial charge < -0.3 is 4.74 Å². The first-order chi connectivity index (χ1) is 10.6. The fourth-order valence-corrected chi connectivity index (χ4v) is 2.45. The molecule has 0 aliphatic heterocycles. The Morgan fingerprint density at radius 3 is 1.68 bits per heavy atom. The monoisotopic (exact) mass is 296 g/mol. The summed E-state index contributed by atoms with van der Waals surface area (Å²) in [5, 5.41) is 0. The molecule has 2 nitrogen and oxygen atoms in total. The number of ether oxygens (including phenoxy) is 1. The molecule has 0 aliphatic carbocycles. The van der Waals surface area contributed by atoms with Crippen molar-refractivity contribution in [1.29, 1.82) is 0 Å². The number of rotatable bonds is 6. The van der Waals surface area contributed by atoms with Crippen LogP contribution in [-0.4, -0.2) is 11.6 Å². The molecule has 0 aliphatic rings. The second-order valence-electron chi connectivity index (χ2n) is 5.83. The van der Waals surface area contributed by atoms with E-state index in [4.69, 9.17) is 4.74 Å². The van der Waals surface area contributed by atoms with E-state index in [1.165, 1.54) is 0 Å². The number of carbonyl (C=O) groups is 1. The minimum Gasteiger partial charge on any atom is -0.459 e. The summed E-state index contributed by atoms with van der Waals surface area (Å²) in [5.41, 5.74) is 1.53. The number of carbonyl (C=O) groups excluding carboxylic acids is 1. The maximum absolute atomic E-state index is 12.9. The summed E-state index contributed by atoms with van der Waals surface area (Å²) in [6.45, 7) is 6.10. The lowest BCUT2D eigenvalue weighted by atomic mass is 9.90. The van der Waals surface area contributed by atoms with Crippen LogP contribution in [0.3, 0.4) is 0 Å². The van der Waals surface area contributed by atoms with Crippen LogP contribution in [0.4, 0.5) is 0 Å². The zero-order chi connectivity index (χ0) is 16.0. The maximum atomic E-state index is 12.9. The second kappa shape index (κ2) is 7.26. The van der Waals surface area contributed by atoms with Crippen LogP contribution in [-0.2, 0) is 9.53 Å². The van der Waals surface area contributed by atoms with Gasteiger partial charge in [-0.1, -0.05) is 74.5 Å². The Labute approximate surface area is 133 Å². The Balaban J connectivity index is 2.35. The van der Waals surface area contributed by atoms with E-state index in [2.05, 4.69) is 13.8 Å². The van der Waals surface area contributed by atoms with Crippen LogP contribution in [0.1, 0.15) is 50.7 Å². The van der Waals surface area contributed by atoms with E-state index in [0.29, 0.717) is 0 Å². The maximum Gasteiger partial charge on any atom is 0.318 e. The lowest BCUT2D eigenvalue weighted by Gasteiger charge is -2.29. The van der Waals surface area contributed by atoms with E-state index >= 15 is 0 Å². The summed E-state index contributed by atoms with van der Waals surface area (Å²) < 4.78 is 5.87. The molecule has 0 heterocycles. The van der Waals surface area contributed by atoms with E-state index in [1.807, 2.05) is 67.6 Å². The zero-order valence-electron chi connectivity index (χ0n) is 13.6. The molecule has 2 aromatic rings. The van der Waals surface area contributed by atoms with E-state index in [0.717, 1.165) is 24.0 Å². The van der Waals surface area contributed by atoms with E-state index < -0.39 is 5.60 Å². The van der Waals surface area contributed by atoms with Crippen LogP contribution in [0.5, 0.6) is 0 Å². The molecule has 0 saturated heterocycles. The van der Waals surface area contributed by atoms with Crippen molar-refractivity contribution in [2.45, 2.75) is 45.1 Å². The van der Waals surface area contributed by atoms with Gasteiger partial charge in [-0.25, -0.2) is 0 Å². The third-order valence-corrected chi connectivity index (χ3v) is 4.34. The SMILES string of the molecule is CCC(C)(CC)OC(=O)C(c1ccccc1)c1ccccc1. The van der Waals surface area contributed by atoms with Crippen molar-refractivity contribution in [3.8, 4) is 0 Å². The molecule has 0 fully saturated rings. The van der Waals surface area contributed by atoms with Crippen molar-refractivity contribution in [2.75, 3.05) is 0 Å². The van der Waals surface area contributed by atoms with E-state index in [9.17, 15) is 4.79 Å². The number of hydrogen-bond donors (Lipinski definition) is 0. The summed E-state index contributed by atoms with van der Waals surface area (Å²) >= 11 is 0. The van der Waals surface area contributed by atoms with Gasteiger partial charge in [0.05, 0.1) is 0 Å². The Morgan fingerprint density at radius 2 is 1.32 bits per heavy atom. The van der Waals surface area contributed by atoms with Crippen LogP contribution >= 0.6 is 0 Å². The van der Waals surface area contributed by atoms with Gasteiger partial charge in [0.25, 0.3) is 0 Å². The Kier molecular flexibility index (Phi) is 5.37. The smallest absolute Gasteiger partial charge is 0.318 e. The third kappa shape index (κ3) is 3.76. The topological polar surface area (TPSA) is 26.3 Å². The summed E-state index contributed by atoms with van der Waals surface area (Å²) in [4.78, 5) is 12.9. The van der Waals surface area contributed by atoms with Gasteiger partial charge in [-0.15, -0.1) is 0 Å². The molecule has 22 heavy (non-hydrogen) atoms. The molecule has 0 aromatic heterocycles. The van der Waals surface area contributed by atoms with Crippen LogP contribution in [0.2, 0.25) is 0 Å². The Morgan fingerprint density at radius 1 is 0.909 bits per heavy atom. The van der Waals surface area contributed by atoms with Crippen LogP contribution in [0.15, 0.2) is 60.7 Å². The third-order valence-electron chi connectivity index (χ3n) is 4.34. The van der Waals surface area contributed by atoms with Gasteiger partial charge in [-0.05, 0) is 30.9 Å². The van der Waals surface area contributed by atoms with Crippen LogP contribution in [0.25, 0.3) is 0 Å². The van der Waals surface area contributed by atoms with Gasteiger partial charge in [0.2, 0.25) is 0 Å². The molecule has 0 atom stereocenters. The summed E-state index contributed by atoms with van der Waals surface area (Å²) in [5.74, 6) is -0.552. The second-order valence-corrected chi connectivity index (χ2v) is 5.83. The lowest BCUT2D eigenvalue weighted by Crippen LogP contribution is -2.33. The first-order valence-corrected chi connectivity index (χ1v) is 7.92. The molecule has 116 valence electrons. The molecule has 0 unspecified atom stereocenters. The highest BCUT2D eigenvalue weighted by atomic mass is 16.6. The molecular formula is C20H24O2. The van der Waals surface area contributed by atoms with E-state index in [1.54, 1.807) is 0 Å². The molecule has 0 radical (unpaired) electrons. The van der Waals surface area contributed by atoms with Gasteiger partial charge in [-0.2, -0.15) is 0 Å². The first kappa shape index (κ1) is 16.3. The summed E-state index contributed by atoms with van der Waals surface area (Å²) in [6, 6.07) is 19.7.